The normalized spacial score (nSPS) is 45.7. The summed E-state index contributed by atoms with van der Waals surface area (Å²) in [6.45, 7) is 0. The fourth-order valence-electron chi connectivity index (χ4n) is 1.73. The van der Waals surface area contributed by atoms with Crippen LogP contribution in [-0.4, -0.2) is 28.6 Å². The van der Waals surface area contributed by atoms with Crippen molar-refractivity contribution in [3.05, 3.63) is 12.2 Å². The van der Waals surface area contributed by atoms with Crippen LogP contribution in [-0.2, 0) is 9.53 Å². The summed E-state index contributed by atoms with van der Waals surface area (Å²) in [5, 5.41) is 18.4. The van der Waals surface area contributed by atoms with Gasteiger partial charge in [0.1, 0.15) is 0 Å². The molecule has 0 radical (unpaired) electrons. The highest BCUT2D eigenvalue weighted by Crippen LogP contribution is 2.34. The molecule has 1 saturated heterocycles. The highest BCUT2D eigenvalue weighted by molar-refractivity contribution is 5.77. The van der Waals surface area contributed by atoms with E-state index in [0.717, 1.165) is 0 Å². The predicted molar refractivity (Wildman–Crippen MR) is 38.8 cm³/mol. The number of ether oxygens (including phenoxy) is 1. The Morgan fingerprint density at radius 2 is 2.17 bits per heavy atom. The molecule has 0 aromatic rings. The number of esters is 1. The third-order valence-corrected chi connectivity index (χ3v) is 2.39. The third-order valence-electron chi connectivity index (χ3n) is 2.39. The molecule has 4 unspecified atom stereocenters. The van der Waals surface area contributed by atoms with Crippen LogP contribution in [0.15, 0.2) is 12.2 Å². The van der Waals surface area contributed by atoms with Crippen LogP contribution in [0.3, 0.4) is 0 Å². The zero-order valence-electron chi connectivity index (χ0n) is 6.38. The van der Waals surface area contributed by atoms with E-state index in [0.29, 0.717) is 6.42 Å². The number of hydrogen-bond acceptors (Lipinski definition) is 4. The maximum Gasteiger partial charge on any atom is 0.315 e. The lowest BCUT2D eigenvalue weighted by Gasteiger charge is -2.21. The largest absolute Gasteiger partial charge is 0.435 e. The Balaban J connectivity index is 2.23. The van der Waals surface area contributed by atoms with Crippen molar-refractivity contribution in [3.63, 3.8) is 0 Å². The van der Waals surface area contributed by atoms with Gasteiger partial charge in [0.25, 0.3) is 0 Å². The highest BCUT2D eigenvalue weighted by Gasteiger charge is 2.44. The van der Waals surface area contributed by atoms with Crippen molar-refractivity contribution in [2.45, 2.75) is 18.8 Å². The van der Waals surface area contributed by atoms with Crippen LogP contribution in [0, 0.1) is 11.8 Å². The molecule has 4 atom stereocenters. The van der Waals surface area contributed by atoms with Crippen LogP contribution in [0.4, 0.5) is 0 Å². The quantitative estimate of drug-likeness (QED) is 0.377. The molecule has 0 aromatic carbocycles. The summed E-state index contributed by atoms with van der Waals surface area (Å²) < 4.78 is 4.61. The maximum atomic E-state index is 11.0. The first kappa shape index (κ1) is 7.76. The molecule has 2 aliphatic rings. The van der Waals surface area contributed by atoms with Gasteiger partial charge in [-0.2, -0.15) is 0 Å². The van der Waals surface area contributed by atoms with Crippen LogP contribution in [0.5, 0.6) is 0 Å². The van der Waals surface area contributed by atoms with E-state index in [1.165, 1.54) is 0 Å². The summed E-state index contributed by atoms with van der Waals surface area (Å²) in [5.74, 6) is -1.02. The Morgan fingerprint density at radius 3 is 2.92 bits per heavy atom. The van der Waals surface area contributed by atoms with Gasteiger partial charge in [0.15, 0.2) is 0 Å². The Bertz CT molecular complexity index is 235. The number of fused-ring (bicyclic) bond motifs is 1. The van der Waals surface area contributed by atoms with E-state index in [9.17, 15) is 15.0 Å². The SMILES string of the molecule is O=C1OC(O)C2CC(O)C=CC12. The molecule has 1 aliphatic carbocycles. The molecule has 66 valence electrons. The number of aliphatic hydroxyl groups excluding tert-OH is 2. The minimum absolute atomic E-state index is 0.266. The van der Waals surface area contributed by atoms with E-state index < -0.39 is 18.4 Å². The van der Waals surface area contributed by atoms with E-state index in [4.69, 9.17) is 0 Å². The van der Waals surface area contributed by atoms with Crippen LogP contribution < -0.4 is 0 Å². The van der Waals surface area contributed by atoms with Crippen molar-refractivity contribution in [2.24, 2.45) is 11.8 Å². The Morgan fingerprint density at radius 1 is 1.42 bits per heavy atom. The van der Waals surface area contributed by atoms with E-state index in [1.807, 2.05) is 0 Å². The summed E-state index contributed by atoms with van der Waals surface area (Å²) in [6, 6.07) is 0. The monoisotopic (exact) mass is 170 g/mol. The molecular formula is C8H10O4. The van der Waals surface area contributed by atoms with Crippen molar-refractivity contribution in [1.82, 2.24) is 0 Å². The topological polar surface area (TPSA) is 66.8 Å². The molecule has 2 rings (SSSR count). The fourth-order valence-corrected chi connectivity index (χ4v) is 1.73. The van der Waals surface area contributed by atoms with E-state index >= 15 is 0 Å². The summed E-state index contributed by atoms with van der Waals surface area (Å²) in [4.78, 5) is 11.0. The second-order valence-electron chi connectivity index (χ2n) is 3.21. The molecule has 4 heteroatoms. The first-order valence-corrected chi connectivity index (χ1v) is 3.93. The smallest absolute Gasteiger partial charge is 0.315 e. The molecule has 0 aromatic heterocycles. The summed E-state index contributed by atoms with van der Waals surface area (Å²) in [6.07, 6.45) is 1.98. The molecular weight excluding hydrogens is 160 g/mol. The van der Waals surface area contributed by atoms with Gasteiger partial charge in [-0.3, -0.25) is 4.79 Å². The van der Waals surface area contributed by atoms with Gasteiger partial charge in [-0.1, -0.05) is 12.2 Å². The molecule has 0 bridgehead atoms. The molecule has 12 heavy (non-hydrogen) atoms. The van der Waals surface area contributed by atoms with Crippen molar-refractivity contribution in [1.29, 1.82) is 0 Å². The molecule has 0 amide bonds. The van der Waals surface area contributed by atoms with Crippen LogP contribution in [0.25, 0.3) is 0 Å². The second-order valence-corrected chi connectivity index (χ2v) is 3.21. The van der Waals surface area contributed by atoms with Gasteiger partial charge in [-0.15, -0.1) is 0 Å². The van der Waals surface area contributed by atoms with Crippen LogP contribution >= 0.6 is 0 Å². The second kappa shape index (κ2) is 2.57. The first-order chi connectivity index (χ1) is 5.68. The lowest BCUT2D eigenvalue weighted by molar-refractivity contribution is -0.156. The van der Waals surface area contributed by atoms with Gasteiger partial charge in [0, 0.05) is 5.92 Å². The number of aliphatic hydroxyl groups is 2. The molecule has 1 fully saturated rings. The Labute approximate surface area is 69.5 Å². The zero-order chi connectivity index (χ0) is 8.72. The molecule has 0 spiro atoms. The number of rotatable bonds is 0. The highest BCUT2D eigenvalue weighted by atomic mass is 16.6. The minimum Gasteiger partial charge on any atom is -0.435 e. The van der Waals surface area contributed by atoms with Gasteiger partial charge < -0.3 is 14.9 Å². The van der Waals surface area contributed by atoms with Crippen molar-refractivity contribution < 1.29 is 19.7 Å². The average molecular weight is 170 g/mol. The van der Waals surface area contributed by atoms with Crippen LogP contribution in [0.1, 0.15) is 6.42 Å². The standard InChI is InChI=1S/C8H10O4/c9-4-1-2-5-6(3-4)8(11)12-7(5)10/h1-2,4-6,8-9,11H,3H2. The zero-order valence-corrected chi connectivity index (χ0v) is 6.38. The minimum atomic E-state index is -1.04. The van der Waals surface area contributed by atoms with Gasteiger partial charge in [0.05, 0.1) is 12.0 Å². The summed E-state index contributed by atoms with van der Waals surface area (Å²) in [7, 11) is 0. The predicted octanol–water partition coefficient (Wildman–Crippen LogP) is -0.585. The first-order valence-electron chi connectivity index (χ1n) is 3.93. The van der Waals surface area contributed by atoms with Gasteiger partial charge in [-0.05, 0) is 6.42 Å². The summed E-state index contributed by atoms with van der Waals surface area (Å²) >= 11 is 0. The van der Waals surface area contributed by atoms with Crippen molar-refractivity contribution in [3.8, 4) is 0 Å². The molecule has 1 heterocycles. The number of carbonyl (C=O) groups is 1. The fraction of sp³-hybridized carbons (Fsp3) is 0.625. The summed E-state index contributed by atoms with van der Waals surface area (Å²) in [5.41, 5.74) is 0. The molecule has 4 nitrogen and oxygen atoms in total. The molecule has 0 saturated carbocycles. The van der Waals surface area contributed by atoms with Crippen LogP contribution in [0.2, 0.25) is 0 Å². The van der Waals surface area contributed by atoms with E-state index in [1.54, 1.807) is 12.2 Å². The number of hydrogen-bond donors (Lipinski definition) is 2. The lowest BCUT2D eigenvalue weighted by atomic mass is 9.84. The molecule has 2 N–H and O–H groups in total. The van der Waals surface area contributed by atoms with Crippen molar-refractivity contribution >= 4 is 5.97 Å². The van der Waals surface area contributed by atoms with Gasteiger partial charge in [-0.25, -0.2) is 0 Å². The van der Waals surface area contributed by atoms with Gasteiger partial charge in [0.2, 0.25) is 6.29 Å². The van der Waals surface area contributed by atoms with Gasteiger partial charge >= 0.3 is 5.97 Å². The third kappa shape index (κ3) is 1.04. The van der Waals surface area contributed by atoms with E-state index in [2.05, 4.69) is 4.74 Å². The van der Waals surface area contributed by atoms with Crippen molar-refractivity contribution in [2.75, 3.05) is 0 Å². The number of cyclic esters (lactones) is 1. The Hall–Kier alpha value is -0.870. The lowest BCUT2D eigenvalue weighted by Crippen LogP contribution is -2.27. The number of carbonyl (C=O) groups excluding carboxylic acids is 1. The Kier molecular flexibility index (Phi) is 1.66. The maximum absolute atomic E-state index is 11.0. The average Bonchev–Trinajstić information content (AvgIpc) is 2.28. The van der Waals surface area contributed by atoms with E-state index in [-0.39, 0.29) is 11.8 Å². The molecule has 1 aliphatic heterocycles.